The van der Waals surface area contributed by atoms with Crippen LogP contribution in [0.15, 0.2) is 11.6 Å². The molecule has 0 radical (unpaired) electrons. The maximum atomic E-state index is 8.41. The highest BCUT2D eigenvalue weighted by Gasteiger charge is 1.96. The maximum Gasteiger partial charge on any atom is 0.0735 e. The highest BCUT2D eigenvalue weighted by atomic mass is 31.1. The van der Waals surface area contributed by atoms with E-state index >= 15 is 0 Å². The van der Waals surface area contributed by atoms with E-state index in [1.165, 1.54) is 11.1 Å². The fraction of sp³-hybridized carbons (Fsp3) is 0.375. The standard InChI is InChI=1S/C8H10NP/c1-7-5-10(4-3-9)6-8(7)2/h5-6H,4H2,1-2H3. The van der Waals surface area contributed by atoms with E-state index in [9.17, 15) is 0 Å². The van der Waals surface area contributed by atoms with E-state index in [2.05, 4.69) is 31.5 Å². The summed E-state index contributed by atoms with van der Waals surface area (Å²) in [4.78, 5) is 0. The van der Waals surface area contributed by atoms with E-state index in [1.807, 2.05) is 0 Å². The Morgan fingerprint density at radius 1 is 1.40 bits per heavy atom. The largest absolute Gasteiger partial charge is 0.198 e. The molecule has 0 saturated heterocycles. The second-order valence-electron chi connectivity index (χ2n) is 2.45. The highest BCUT2D eigenvalue weighted by molar-refractivity contribution is 7.48. The third-order valence-corrected chi connectivity index (χ3v) is 3.54. The van der Waals surface area contributed by atoms with Gasteiger partial charge in [0.1, 0.15) is 0 Å². The van der Waals surface area contributed by atoms with Crippen molar-refractivity contribution in [3.05, 3.63) is 22.7 Å². The zero-order valence-corrected chi connectivity index (χ0v) is 7.15. The summed E-state index contributed by atoms with van der Waals surface area (Å²) in [6, 6.07) is 2.19. The summed E-state index contributed by atoms with van der Waals surface area (Å²) in [6.07, 6.45) is 0.685. The first kappa shape index (κ1) is 7.38. The van der Waals surface area contributed by atoms with E-state index in [0.29, 0.717) is 6.16 Å². The number of hydrogen-bond acceptors (Lipinski definition) is 1. The predicted molar refractivity (Wildman–Crippen MR) is 44.2 cm³/mol. The zero-order chi connectivity index (χ0) is 7.56. The van der Waals surface area contributed by atoms with Gasteiger partial charge in [0.2, 0.25) is 0 Å². The molecule has 0 aliphatic carbocycles. The van der Waals surface area contributed by atoms with Gasteiger partial charge in [-0.05, 0) is 36.6 Å². The molecule has 0 atom stereocenters. The van der Waals surface area contributed by atoms with E-state index in [4.69, 9.17) is 5.26 Å². The van der Waals surface area contributed by atoms with Gasteiger partial charge in [-0.2, -0.15) is 5.26 Å². The molecule has 0 aliphatic heterocycles. The molecule has 1 aromatic rings. The molecule has 0 amide bonds. The Labute approximate surface area is 62.4 Å². The summed E-state index contributed by atoms with van der Waals surface area (Å²) in [5.41, 5.74) is 2.70. The Hall–Kier alpha value is -0.730. The number of nitrogens with zero attached hydrogens (tertiary/aromatic N) is 1. The quantitative estimate of drug-likeness (QED) is 0.605. The van der Waals surface area contributed by atoms with Crippen LogP contribution in [-0.2, 0) is 6.16 Å². The molecule has 0 fully saturated rings. The maximum absolute atomic E-state index is 8.41. The van der Waals surface area contributed by atoms with Crippen molar-refractivity contribution in [1.82, 2.24) is 0 Å². The van der Waals surface area contributed by atoms with Crippen molar-refractivity contribution < 1.29 is 0 Å². The molecule has 0 unspecified atom stereocenters. The number of aryl methyl sites for hydroxylation is 2. The molecule has 0 spiro atoms. The molecule has 52 valence electrons. The van der Waals surface area contributed by atoms with E-state index < -0.39 is 0 Å². The number of rotatable bonds is 1. The molecule has 1 heterocycles. The Kier molecular flexibility index (Phi) is 2.14. The molecule has 1 aromatic heterocycles. The van der Waals surface area contributed by atoms with Crippen molar-refractivity contribution in [2.24, 2.45) is 0 Å². The predicted octanol–water partition coefficient (Wildman–Crippen LogP) is 2.81. The molecule has 2 heteroatoms. The lowest BCUT2D eigenvalue weighted by Gasteiger charge is -1.81. The summed E-state index contributed by atoms with van der Waals surface area (Å²) in [5, 5.41) is 8.41. The lowest BCUT2D eigenvalue weighted by Crippen LogP contribution is -1.63. The van der Waals surface area contributed by atoms with Crippen LogP contribution in [0.1, 0.15) is 11.1 Å². The van der Waals surface area contributed by atoms with Crippen LogP contribution in [0, 0.1) is 25.2 Å². The molecular weight excluding hydrogens is 141 g/mol. The van der Waals surface area contributed by atoms with Crippen LogP contribution in [-0.4, -0.2) is 0 Å². The van der Waals surface area contributed by atoms with Crippen LogP contribution in [0.3, 0.4) is 0 Å². The smallest absolute Gasteiger partial charge is 0.0735 e. The third kappa shape index (κ3) is 1.40. The first-order valence-electron chi connectivity index (χ1n) is 3.24. The second-order valence-corrected chi connectivity index (χ2v) is 4.32. The van der Waals surface area contributed by atoms with Crippen molar-refractivity contribution in [3.63, 3.8) is 0 Å². The van der Waals surface area contributed by atoms with Gasteiger partial charge in [0.05, 0.1) is 12.2 Å². The van der Waals surface area contributed by atoms with Gasteiger partial charge >= 0.3 is 0 Å². The van der Waals surface area contributed by atoms with Crippen LogP contribution >= 0.6 is 7.53 Å². The molecule has 0 N–H and O–H groups in total. The van der Waals surface area contributed by atoms with Gasteiger partial charge in [0.25, 0.3) is 0 Å². The topological polar surface area (TPSA) is 23.8 Å². The Bertz CT molecular complexity index is 248. The fourth-order valence-electron chi connectivity index (χ4n) is 0.911. The van der Waals surface area contributed by atoms with Crippen molar-refractivity contribution in [1.29, 1.82) is 5.26 Å². The third-order valence-electron chi connectivity index (χ3n) is 1.59. The second kappa shape index (κ2) is 2.90. The number of nitriles is 1. The summed E-state index contributed by atoms with van der Waals surface area (Å²) < 4.78 is 0. The van der Waals surface area contributed by atoms with Gasteiger partial charge in [0, 0.05) is 0 Å². The van der Waals surface area contributed by atoms with Crippen molar-refractivity contribution in [2.45, 2.75) is 20.0 Å². The minimum Gasteiger partial charge on any atom is -0.198 e. The first-order valence-corrected chi connectivity index (χ1v) is 4.90. The van der Waals surface area contributed by atoms with Crippen LogP contribution in [0.4, 0.5) is 0 Å². The van der Waals surface area contributed by atoms with Crippen molar-refractivity contribution in [2.75, 3.05) is 0 Å². The van der Waals surface area contributed by atoms with E-state index in [-0.39, 0.29) is 7.53 Å². The van der Waals surface area contributed by atoms with Gasteiger partial charge in [-0.25, -0.2) is 0 Å². The van der Waals surface area contributed by atoms with Crippen LogP contribution in [0.5, 0.6) is 0 Å². The van der Waals surface area contributed by atoms with E-state index in [0.717, 1.165) is 0 Å². The number of hydrogen-bond donors (Lipinski definition) is 0. The monoisotopic (exact) mass is 151 g/mol. The first-order chi connectivity index (χ1) is 4.74. The molecule has 0 aliphatic rings. The van der Waals surface area contributed by atoms with E-state index in [1.54, 1.807) is 0 Å². The van der Waals surface area contributed by atoms with Gasteiger partial charge in [-0.1, -0.05) is 0 Å². The Balaban J connectivity index is 2.90. The zero-order valence-electron chi connectivity index (χ0n) is 6.26. The van der Waals surface area contributed by atoms with Crippen molar-refractivity contribution >= 4 is 7.53 Å². The lowest BCUT2D eigenvalue weighted by atomic mass is 10.2. The Morgan fingerprint density at radius 3 is 2.30 bits per heavy atom. The SMILES string of the molecule is Cc1cp(CC#N)cc1C. The summed E-state index contributed by atoms with van der Waals surface area (Å²) in [6.45, 7) is 4.21. The lowest BCUT2D eigenvalue weighted by molar-refractivity contribution is 1.41. The van der Waals surface area contributed by atoms with Crippen LogP contribution in [0.2, 0.25) is 0 Å². The van der Waals surface area contributed by atoms with Crippen LogP contribution < -0.4 is 0 Å². The molecule has 0 aromatic carbocycles. The normalized spacial score (nSPS) is 9.30. The average molecular weight is 151 g/mol. The molecular formula is C8H10NP. The molecule has 1 nitrogen and oxygen atoms in total. The molecule has 10 heavy (non-hydrogen) atoms. The molecule has 0 bridgehead atoms. The Morgan fingerprint density at radius 2 is 1.90 bits per heavy atom. The fourth-order valence-corrected chi connectivity index (χ4v) is 2.73. The van der Waals surface area contributed by atoms with Crippen molar-refractivity contribution in [3.8, 4) is 6.07 Å². The highest BCUT2D eigenvalue weighted by Crippen LogP contribution is 2.32. The minimum atomic E-state index is -0.209. The van der Waals surface area contributed by atoms with Gasteiger partial charge in [0.15, 0.2) is 0 Å². The molecule has 1 rings (SSSR count). The average Bonchev–Trinajstić information content (AvgIpc) is 2.14. The van der Waals surface area contributed by atoms with Gasteiger partial charge < -0.3 is 0 Å². The van der Waals surface area contributed by atoms with Crippen LogP contribution in [0.25, 0.3) is 0 Å². The summed E-state index contributed by atoms with van der Waals surface area (Å²) in [7, 11) is -0.209. The summed E-state index contributed by atoms with van der Waals surface area (Å²) >= 11 is 0. The minimum absolute atomic E-state index is 0.209. The van der Waals surface area contributed by atoms with Gasteiger partial charge in [-0.15, -0.1) is 7.53 Å². The van der Waals surface area contributed by atoms with Gasteiger partial charge in [-0.3, -0.25) is 0 Å². The molecule has 0 saturated carbocycles. The summed E-state index contributed by atoms with van der Waals surface area (Å²) in [5.74, 6) is 4.43.